The average Bonchev–Trinajstić information content (AvgIpc) is 2.07. The molecule has 0 aromatic heterocycles. The Morgan fingerprint density at radius 2 is 2.09 bits per heavy atom. The number of allylic oxidation sites excluding steroid dienone is 1. The van der Waals surface area contributed by atoms with E-state index < -0.39 is 0 Å². The van der Waals surface area contributed by atoms with E-state index in [4.69, 9.17) is 0 Å². The van der Waals surface area contributed by atoms with E-state index in [2.05, 4.69) is 24.5 Å². The van der Waals surface area contributed by atoms with Crippen LogP contribution in [0.2, 0.25) is 0 Å². The van der Waals surface area contributed by atoms with Gasteiger partial charge in [-0.1, -0.05) is 13.0 Å². The molecule has 1 aliphatic rings. The minimum absolute atomic E-state index is 0.795. The standard InChI is InChI=1S/C10H19N/c1-3-7-11-8-5-10(4-2)6-9-11/h4,10H,2-3,5-9H2,1H3. The molecule has 0 N–H and O–H groups in total. The second-order valence-corrected chi connectivity index (χ2v) is 3.41. The third-order valence-corrected chi connectivity index (χ3v) is 2.51. The van der Waals surface area contributed by atoms with Crippen molar-refractivity contribution in [2.75, 3.05) is 19.6 Å². The van der Waals surface area contributed by atoms with Gasteiger partial charge in [0.1, 0.15) is 0 Å². The van der Waals surface area contributed by atoms with Crippen molar-refractivity contribution in [1.82, 2.24) is 4.90 Å². The van der Waals surface area contributed by atoms with Crippen LogP contribution in [0.1, 0.15) is 26.2 Å². The first-order chi connectivity index (χ1) is 5.36. The van der Waals surface area contributed by atoms with Crippen LogP contribution in [0, 0.1) is 5.92 Å². The molecule has 0 bridgehead atoms. The molecule has 0 saturated carbocycles. The summed E-state index contributed by atoms with van der Waals surface area (Å²) in [5.41, 5.74) is 0. The van der Waals surface area contributed by atoms with Gasteiger partial charge >= 0.3 is 0 Å². The topological polar surface area (TPSA) is 3.24 Å². The van der Waals surface area contributed by atoms with Gasteiger partial charge in [-0.25, -0.2) is 0 Å². The average molecular weight is 153 g/mol. The zero-order valence-electron chi connectivity index (χ0n) is 7.55. The summed E-state index contributed by atoms with van der Waals surface area (Å²) < 4.78 is 0. The molecule has 1 heteroatoms. The molecular weight excluding hydrogens is 134 g/mol. The van der Waals surface area contributed by atoms with E-state index in [9.17, 15) is 0 Å². The maximum atomic E-state index is 3.84. The molecule has 0 unspecified atom stereocenters. The Balaban J connectivity index is 2.18. The Morgan fingerprint density at radius 1 is 1.45 bits per heavy atom. The van der Waals surface area contributed by atoms with Crippen LogP contribution in [-0.2, 0) is 0 Å². The van der Waals surface area contributed by atoms with Crippen molar-refractivity contribution in [1.29, 1.82) is 0 Å². The zero-order valence-corrected chi connectivity index (χ0v) is 7.55. The summed E-state index contributed by atoms with van der Waals surface area (Å²) in [7, 11) is 0. The van der Waals surface area contributed by atoms with Crippen molar-refractivity contribution >= 4 is 0 Å². The number of nitrogens with zero attached hydrogens (tertiary/aromatic N) is 1. The lowest BCUT2D eigenvalue weighted by Crippen LogP contribution is -2.33. The molecule has 64 valence electrons. The molecule has 0 aromatic carbocycles. The molecule has 0 aromatic rings. The van der Waals surface area contributed by atoms with Crippen molar-refractivity contribution < 1.29 is 0 Å². The lowest BCUT2D eigenvalue weighted by Gasteiger charge is -2.29. The molecule has 0 amide bonds. The SMILES string of the molecule is C=CC1CCN(CCC)CC1. The minimum Gasteiger partial charge on any atom is -0.303 e. The van der Waals surface area contributed by atoms with E-state index >= 15 is 0 Å². The Morgan fingerprint density at radius 3 is 2.55 bits per heavy atom. The van der Waals surface area contributed by atoms with E-state index in [-0.39, 0.29) is 0 Å². The monoisotopic (exact) mass is 153 g/mol. The molecule has 1 fully saturated rings. The Hall–Kier alpha value is -0.300. The maximum absolute atomic E-state index is 3.84. The lowest BCUT2D eigenvalue weighted by atomic mass is 9.97. The van der Waals surface area contributed by atoms with Crippen LogP contribution >= 0.6 is 0 Å². The van der Waals surface area contributed by atoms with Crippen molar-refractivity contribution in [3.05, 3.63) is 12.7 Å². The van der Waals surface area contributed by atoms with Gasteiger partial charge in [0, 0.05) is 0 Å². The molecule has 1 heterocycles. The summed E-state index contributed by atoms with van der Waals surface area (Å²) in [4.78, 5) is 2.56. The van der Waals surface area contributed by atoms with Gasteiger partial charge in [-0.05, 0) is 44.8 Å². The number of likely N-dealkylation sites (tertiary alicyclic amines) is 1. The highest BCUT2D eigenvalue weighted by atomic mass is 15.1. The molecular formula is C10H19N. The van der Waals surface area contributed by atoms with Gasteiger partial charge in [0.05, 0.1) is 0 Å². The zero-order chi connectivity index (χ0) is 8.10. The van der Waals surface area contributed by atoms with Crippen LogP contribution in [0.25, 0.3) is 0 Å². The van der Waals surface area contributed by atoms with Crippen LogP contribution in [0.4, 0.5) is 0 Å². The fourth-order valence-corrected chi connectivity index (χ4v) is 1.73. The molecule has 1 aliphatic heterocycles. The lowest BCUT2D eigenvalue weighted by molar-refractivity contribution is 0.204. The Kier molecular flexibility index (Phi) is 3.64. The van der Waals surface area contributed by atoms with Crippen molar-refractivity contribution in [3.63, 3.8) is 0 Å². The van der Waals surface area contributed by atoms with Crippen LogP contribution in [0.5, 0.6) is 0 Å². The second kappa shape index (κ2) is 4.55. The van der Waals surface area contributed by atoms with Crippen LogP contribution < -0.4 is 0 Å². The van der Waals surface area contributed by atoms with Crippen LogP contribution in [0.15, 0.2) is 12.7 Å². The summed E-state index contributed by atoms with van der Waals surface area (Å²) >= 11 is 0. The van der Waals surface area contributed by atoms with Crippen LogP contribution in [-0.4, -0.2) is 24.5 Å². The highest BCUT2D eigenvalue weighted by molar-refractivity contribution is 4.83. The first-order valence-corrected chi connectivity index (χ1v) is 4.71. The first-order valence-electron chi connectivity index (χ1n) is 4.71. The number of piperidine rings is 1. The normalized spacial score (nSPS) is 21.9. The van der Waals surface area contributed by atoms with Crippen molar-refractivity contribution in [2.24, 2.45) is 5.92 Å². The van der Waals surface area contributed by atoms with Gasteiger partial charge < -0.3 is 4.90 Å². The highest BCUT2D eigenvalue weighted by Gasteiger charge is 2.15. The fraction of sp³-hybridized carbons (Fsp3) is 0.800. The van der Waals surface area contributed by atoms with Gasteiger partial charge in [0.2, 0.25) is 0 Å². The van der Waals surface area contributed by atoms with E-state index in [1.807, 2.05) is 0 Å². The molecule has 0 aliphatic carbocycles. The van der Waals surface area contributed by atoms with Gasteiger partial charge in [-0.15, -0.1) is 6.58 Å². The quantitative estimate of drug-likeness (QED) is 0.562. The molecule has 11 heavy (non-hydrogen) atoms. The summed E-state index contributed by atoms with van der Waals surface area (Å²) in [5.74, 6) is 0.795. The summed E-state index contributed by atoms with van der Waals surface area (Å²) in [6.45, 7) is 9.93. The first kappa shape index (κ1) is 8.79. The van der Waals surface area contributed by atoms with E-state index in [0.717, 1.165) is 5.92 Å². The molecule has 1 rings (SSSR count). The summed E-state index contributed by atoms with van der Waals surface area (Å²) in [6.07, 6.45) is 6.05. The van der Waals surface area contributed by atoms with E-state index in [1.54, 1.807) is 0 Å². The predicted molar refractivity (Wildman–Crippen MR) is 49.7 cm³/mol. The van der Waals surface area contributed by atoms with Crippen LogP contribution in [0.3, 0.4) is 0 Å². The summed E-state index contributed by atoms with van der Waals surface area (Å²) in [6, 6.07) is 0. The Bertz CT molecular complexity index is 112. The van der Waals surface area contributed by atoms with Gasteiger partial charge in [-0.3, -0.25) is 0 Å². The molecule has 0 radical (unpaired) electrons. The summed E-state index contributed by atoms with van der Waals surface area (Å²) in [5, 5.41) is 0. The number of hydrogen-bond acceptors (Lipinski definition) is 1. The van der Waals surface area contributed by atoms with E-state index in [0.29, 0.717) is 0 Å². The van der Waals surface area contributed by atoms with E-state index in [1.165, 1.54) is 38.9 Å². The predicted octanol–water partition coefficient (Wildman–Crippen LogP) is 2.29. The second-order valence-electron chi connectivity index (χ2n) is 3.41. The van der Waals surface area contributed by atoms with Crippen molar-refractivity contribution in [2.45, 2.75) is 26.2 Å². The maximum Gasteiger partial charge on any atom is -0.00131 e. The Labute approximate surface area is 70.1 Å². The molecule has 1 saturated heterocycles. The smallest absolute Gasteiger partial charge is 0.00131 e. The van der Waals surface area contributed by atoms with Gasteiger partial charge in [0.15, 0.2) is 0 Å². The molecule has 0 atom stereocenters. The minimum atomic E-state index is 0.795. The third-order valence-electron chi connectivity index (χ3n) is 2.51. The van der Waals surface area contributed by atoms with Gasteiger partial charge in [-0.2, -0.15) is 0 Å². The molecule has 1 nitrogen and oxygen atoms in total. The van der Waals surface area contributed by atoms with Crippen molar-refractivity contribution in [3.8, 4) is 0 Å². The fourth-order valence-electron chi connectivity index (χ4n) is 1.73. The number of hydrogen-bond donors (Lipinski definition) is 0. The highest BCUT2D eigenvalue weighted by Crippen LogP contribution is 2.17. The molecule has 0 spiro atoms. The largest absolute Gasteiger partial charge is 0.303 e. The third kappa shape index (κ3) is 2.66. The van der Waals surface area contributed by atoms with Gasteiger partial charge in [0.25, 0.3) is 0 Å². The number of rotatable bonds is 3.